The number of nitriles is 1. The minimum atomic E-state index is -0.834. The van der Waals surface area contributed by atoms with Crippen LogP contribution >= 0.6 is 0 Å². The van der Waals surface area contributed by atoms with Gasteiger partial charge in [0.2, 0.25) is 0 Å². The molecule has 0 spiro atoms. The van der Waals surface area contributed by atoms with Crippen molar-refractivity contribution in [1.82, 2.24) is 4.90 Å². The molecule has 0 aliphatic rings. The Labute approximate surface area is 104 Å². The summed E-state index contributed by atoms with van der Waals surface area (Å²) in [5, 5.41) is 10.8. The minimum absolute atomic E-state index is 0.0863. The van der Waals surface area contributed by atoms with Crippen molar-refractivity contribution in [3.05, 3.63) is 29.8 Å². The van der Waals surface area contributed by atoms with Crippen LogP contribution in [0.2, 0.25) is 0 Å². The Hall–Kier alpha value is -2.16. The molecule has 0 aliphatic heterocycles. The van der Waals surface area contributed by atoms with Crippen molar-refractivity contribution in [2.45, 2.75) is 13.3 Å². The average molecular weight is 253 g/mol. The summed E-state index contributed by atoms with van der Waals surface area (Å²) in [5.74, 6) is -1.54. The Morgan fingerprint density at radius 3 is 2.78 bits per heavy atom. The SMILES string of the molecule is CCN(CCC#N)C(=O)Nc1ccc(F)cc1F. The van der Waals surface area contributed by atoms with E-state index in [9.17, 15) is 13.6 Å². The van der Waals surface area contributed by atoms with Crippen molar-refractivity contribution in [1.29, 1.82) is 5.26 Å². The van der Waals surface area contributed by atoms with E-state index in [2.05, 4.69) is 5.32 Å². The predicted octanol–water partition coefficient (Wildman–Crippen LogP) is 2.73. The molecule has 18 heavy (non-hydrogen) atoms. The third kappa shape index (κ3) is 3.70. The Morgan fingerprint density at radius 2 is 2.22 bits per heavy atom. The van der Waals surface area contributed by atoms with E-state index in [4.69, 9.17) is 5.26 Å². The Balaban J connectivity index is 2.71. The van der Waals surface area contributed by atoms with Crippen LogP contribution in [-0.2, 0) is 0 Å². The van der Waals surface area contributed by atoms with Crippen LogP contribution in [0, 0.1) is 23.0 Å². The molecule has 96 valence electrons. The molecule has 1 rings (SSSR count). The van der Waals surface area contributed by atoms with Gasteiger partial charge in [-0.15, -0.1) is 0 Å². The van der Waals surface area contributed by atoms with Gasteiger partial charge in [0, 0.05) is 19.2 Å². The average Bonchev–Trinajstić information content (AvgIpc) is 2.34. The fourth-order valence-electron chi connectivity index (χ4n) is 1.37. The second-order valence-electron chi connectivity index (χ2n) is 3.54. The van der Waals surface area contributed by atoms with Crippen LogP contribution in [0.1, 0.15) is 13.3 Å². The molecular weight excluding hydrogens is 240 g/mol. The monoisotopic (exact) mass is 253 g/mol. The molecule has 1 aromatic carbocycles. The van der Waals surface area contributed by atoms with E-state index in [0.29, 0.717) is 12.6 Å². The van der Waals surface area contributed by atoms with E-state index in [1.807, 2.05) is 6.07 Å². The first kappa shape index (κ1) is 13.9. The van der Waals surface area contributed by atoms with Crippen molar-refractivity contribution in [3.8, 4) is 6.07 Å². The topological polar surface area (TPSA) is 56.1 Å². The molecule has 1 aromatic rings. The maximum atomic E-state index is 13.3. The summed E-state index contributed by atoms with van der Waals surface area (Å²) in [6.45, 7) is 2.41. The number of urea groups is 1. The summed E-state index contributed by atoms with van der Waals surface area (Å²) in [6, 6.07) is 4.32. The summed E-state index contributed by atoms with van der Waals surface area (Å²) < 4.78 is 26.0. The number of anilines is 1. The van der Waals surface area contributed by atoms with Gasteiger partial charge in [0.15, 0.2) is 0 Å². The summed E-state index contributed by atoms with van der Waals surface area (Å²) in [4.78, 5) is 13.1. The molecule has 0 bridgehead atoms. The molecule has 0 saturated heterocycles. The normalized spacial score (nSPS) is 9.67. The van der Waals surface area contributed by atoms with Crippen LogP contribution in [0.4, 0.5) is 19.3 Å². The van der Waals surface area contributed by atoms with E-state index >= 15 is 0 Å². The van der Waals surface area contributed by atoms with Gasteiger partial charge in [0.25, 0.3) is 0 Å². The summed E-state index contributed by atoms with van der Waals surface area (Å²) in [5.41, 5.74) is -0.0863. The van der Waals surface area contributed by atoms with Crippen molar-refractivity contribution in [3.63, 3.8) is 0 Å². The molecule has 0 radical (unpaired) electrons. The van der Waals surface area contributed by atoms with Crippen LogP contribution in [0.3, 0.4) is 0 Å². The molecule has 0 aromatic heterocycles. The van der Waals surface area contributed by atoms with Gasteiger partial charge in [-0.2, -0.15) is 5.26 Å². The molecule has 0 heterocycles. The van der Waals surface area contributed by atoms with E-state index in [1.165, 1.54) is 4.90 Å². The summed E-state index contributed by atoms with van der Waals surface area (Å²) >= 11 is 0. The van der Waals surface area contributed by atoms with Crippen LogP contribution in [0.25, 0.3) is 0 Å². The van der Waals surface area contributed by atoms with E-state index in [0.717, 1.165) is 12.1 Å². The highest BCUT2D eigenvalue weighted by Gasteiger charge is 2.13. The first-order valence-electron chi connectivity index (χ1n) is 5.46. The fraction of sp³-hybridized carbons (Fsp3) is 0.333. The molecule has 0 saturated carbocycles. The van der Waals surface area contributed by atoms with E-state index in [1.54, 1.807) is 6.92 Å². The first-order valence-corrected chi connectivity index (χ1v) is 5.46. The molecule has 1 N–H and O–H groups in total. The molecule has 2 amide bonds. The number of hydrogen-bond acceptors (Lipinski definition) is 2. The third-order valence-corrected chi connectivity index (χ3v) is 2.34. The van der Waals surface area contributed by atoms with Crippen LogP contribution in [0.15, 0.2) is 18.2 Å². The van der Waals surface area contributed by atoms with Gasteiger partial charge in [0.1, 0.15) is 11.6 Å². The second-order valence-corrected chi connectivity index (χ2v) is 3.54. The molecule has 6 heteroatoms. The lowest BCUT2D eigenvalue weighted by Gasteiger charge is -2.20. The van der Waals surface area contributed by atoms with Gasteiger partial charge in [0.05, 0.1) is 18.2 Å². The predicted molar refractivity (Wildman–Crippen MR) is 62.9 cm³/mol. The number of nitrogens with zero attached hydrogens (tertiary/aromatic N) is 2. The van der Waals surface area contributed by atoms with Crippen molar-refractivity contribution < 1.29 is 13.6 Å². The zero-order chi connectivity index (χ0) is 13.5. The van der Waals surface area contributed by atoms with Crippen molar-refractivity contribution >= 4 is 11.7 Å². The number of halogens is 2. The number of benzene rings is 1. The highest BCUT2D eigenvalue weighted by atomic mass is 19.1. The lowest BCUT2D eigenvalue weighted by molar-refractivity contribution is 0.215. The van der Waals surface area contributed by atoms with Gasteiger partial charge < -0.3 is 10.2 Å². The molecule has 0 aliphatic carbocycles. The maximum absolute atomic E-state index is 13.3. The van der Waals surface area contributed by atoms with Crippen molar-refractivity contribution in [2.75, 3.05) is 18.4 Å². The standard InChI is InChI=1S/C12H13F2N3O/c1-2-17(7-3-6-15)12(18)16-11-5-4-9(13)8-10(11)14/h4-5,8H,2-3,7H2,1H3,(H,16,18). The lowest BCUT2D eigenvalue weighted by atomic mass is 10.3. The maximum Gasteiger partial charge on any atom is 0.321 e. The molecule has 0 unspecified atom stereocenters. The quantitative estimate of drug-likeness (QED) is 0.896. The van der Waals surface area contributed by atoms with Gasteiger partial charge in [-0.3, -0.25) is 0 Å². The number of carbonyl (C=O) groups is 1. The van der Waals surface area contributed by atoms with E-state index in [-0.39, 0.29) is 18.7 Å². The highest BCUT2D eigenvalue weighted by Crippen LogP contribution is 2.15. The van der Waals surface area contributed by atoms with Gasteiger partial charge >= 0.3 is 6.03 Å². The molecule has 0 atom stereocenters. The third-order valence-electron chi connectivity index (χ3n) is 2.34. The van der Waals surface area contributed by atoms with Crippen LogP contribution in [0.5, 0.6) is 0 Å². The number of nitrogens with one attached hydrogen (secondary N) is 1. The zero-order valence-electron chi connectivity index (χ0n) is 9.91. The first-order chi connectivity index (χ1) is 8.58. The highest BCUT2D eigenvalue weighted by molar-refractivity contribution is 5.89. The molecular formula is C12H13F2N3O. The minimum Gasteiger partial charge on any atom is -0.324 e. The van der Waals surface area contributed by atoms with E-state index < -0.39 is 17.7 Å². The Bertz CT molecular complexity index is 471. The smallest absolute Gasteiger partial charge is 0.321 e. The van der Waals surface area contributed by atoms with Crippen molar-refractivity contribution in [2.24, 2.45) is 0 Å². The van der Waals surface area contributed by atoms with Gasteiger partial charge in [-0.25, -0.2) is 13.6 Å². The molecule has 0 fully saturated rings. The number of carbonyl (C=O) groups excluding carboxylic acids is 1. The number of hydrogen-bond donors (Lipinski definition) is 1. The molecule has 4 nitrogen and oxygen atoms in total. The Morgan fingerprint density at radius 1 is 1.50 bits per heavy atom. The number of rotatable bonds is 4. The van der Waals surface area contributed by atoms with Gasteiger partial charge in [-0.05, 0) is 19.1 Å². The Kier molecular flexibility index (Phi) is 5.06. The number of amides is 2. The largest absolute Gasteiger partial charge is 0.324 e. The second kappa shape index (κ2) is 6.55. The summed E-state index contributed by atoms with van der Waals surface area (Å²) in [6.07, 6.45) is 0.202. The lowest BCUT2D eigenvalue weighted by Crippen LogP contribution is -2.35. The van der Waals surface area contributed by atoms with Crippen LogP contribution < -0.4 is 5.32 Å². The fourth-order valence-corrected chi connectivity index (χ4v) is 1.37. The van der Waals surface area contributed by atoms with Gasteiger partial charge in [-0.1, -0.05) is 0 Å². The zero-order valence-corrected chi connectivity index (χ0v) is 9.91. The summed E-state index contributed by atoms with van der Waals surface area (Å²) in [7, 11) is 0. The van der Waals surface area contributed by atoms with Crippen LogP contribution in [-0.4, -0.2) is 24.0 Å².